The van der Waals surface area contributed by atoms with E-state index in [1.165, 1.54) is 31.2 Å². The van der Waals surface area contributed by atoms with E-state index in [4.69, 9.17) is 9.15 Å². The van der Waals surface area contributed by atoms with E-state index >= 15 is 0 Å². The summed E-state index contributed by atoms with van der Waals surface area (Å²) in [5, 5.41) is 8.71. The summed E-state index contributed by atoms with van der Waals surface area (Å²) in [4.78, 5) is 11.6. The Morgan fingerprint density at radius 2 is 2.12 bits per heavy atom. The van der Waals surface area contributed by atoms with Crippen LogP contribution in [0.5, 0.6) is 0 Å². The van der Waals surface area contributed by atoms with E-state index in [2.05, 4.69) is 10.2 Å². The van der Waals surface area contributed by atoms with Gasteiger partial charge in [-0.15, -0.1) is 10.2 Å². The van der Waals surface area contributed by atoms with Crippen molar-refractivity contribution in [3.05, 3.63) is 53.7 Å². The molecule has 0 bridgehead atoms. The Balaban J connectivity index is 1.80. The van der Waals surface area contributed by atoms with Crippen LogP contribution in [0.25, 0.3) is 11.4 Å². The van der Waals surface area contributed by atoms with Gasteiger partial charge in [0, 0.05) is 7.05 Å². The number of carbonyl (C=O) groups is 1. The van der Waals surface area contributed by atoms with Gasteiger partial charge in [-0.05, 0) is 18.2 Å². The third-order valence-corrected chi connectivity index (χ3v) is 4.45. The van der Waals surface area contributed by atoms with Gasteiger partial charge in [-0.3, -0.25) is 0 Å². The summed E-state index contributed by atoms with van der Waals surface area (Å²) in [6.07, 6.45) is 1.43. The fourth-order valence-corrected chi connectivity index (χ4v) is 3.05. The SMILES string of the molecule is COC(=O)c1ccoc1CSc1nnc(-c2ccccc2F)n1C. The number of esters is 1. The molecule has 0 saturated heterocycles. The molecule has 0 unspecified atom stereocenters. The van der Waals surface area contributed by atoms with E-state index in [-0.39, 0.29) is 5.82 Å². The minimum Gasteiger partial charge on any atom is -0.468 e. The van der Waals surface area contributed by atoms with Crippen molar-refractivity contribution in [2.75, 3.05) is 7.11 Å². The van der Waals surface area contributed by atoms with Crippen LogP contribution in [0.4, 0.5) is 4.39 Å². The summed E-state index contributed by atoms with van der Waals surface area (Å²) in [5.41, 5.74) is 0.758. The summed E-state index contributed by atoms with van der Waals surface area (Å²) in [7, 11) is 3.07. The zero-order valence-electron chi connectivity index (χ0n) is 13.0. The van der Waals surface area contributed by atoms with Crippen molar-refractivity contribution in [3.8, 4) is 11.4 Å². The Morgan fingerprint density at radius 1 is 1.33 bits per heavy atom. The van der Waals surface area contributed by atoms with Gasteiger partial charge in [0.15, 0.2) is 11.0 Å². The van der Waals surface area contributed by atoms with E-state index in [0.29, 0.717) is 33.6 Å². The molecule has 0 amide bonds. The highest BCUT2D eigenvalue weighted by Crippen LogP contribution is 2.27. The molecule has 0 N–H and O–H groups in total. The van der Waals surface area contributed by atoms with Gasteiger partial charge < -0.3 is 13.7 Å². The number of methoxy groups -OCH3 is 1. The van der Waals surface area contributed by atoms with Gasteiger partial charge in [-0.1, -0.05) is 23.9 Å². The number of hydrogen-bond donors (Lipinski definition) is 0. The second-order valence-electron chi connectivity index (χ2n) is 4.88. The molecule has 6 nitrogen and oxygen atoms in total. The maximum atomic E-state index is 13.9. The highest BCUT2D eigenvalue weighted by Gasteiger charge is 2.18. The minimum atomic E-state index is -0.454. The first kappa shape index (κ1) is 16.3. The zero-order valence-corrected chi connectivity index (χ0v) is 13.8. The normalized spacial score (nSPS) is 10.8. The molecule has 0 atom stereocenters. The molecule has 1 aromatic carbocycles. The number of nitrogens with zero attached hydrogens (tertiary/aromatic N) is 3. The van der Waals surface area contributed by atoms with E-state index in [0.717, 1.165) is 0 Å². The Hall–Kier alpha value is -2.61. The van der Waals surface area contributed by atoms with Gasteiger partial charge in [-0.25, -0.2) is 9.18 Å². The van der Waals surface area contributed by atoms with Crippen LogP contribution in [0.1, 0.15) is 16.1 Å². The summed E-state index contributed by atoms with van der Waals surface area (Å²) < 4.78 is 25.6. The highest BCUT2D eigenvalue weighted by molar-refractivity contribution is 7.98. The highest BCUT2D eigenvalue weighted by atomic mass is 32.2. The van der Waals surface area contributed by atoms with Crippen molar-refractivity contribution in [1.29, 1.82) is 0 Å². The third-order valence-electron chi connectivity index (χ3n) is 3.43. The maximum absolute atomic E-state index is 13.9. The number of aromatic nitrogens is 3. The first-order valence-corrected chi connectivity index (χ1v) is 8.02. The standard InChI is InChI=1S/C16H14FN3O3S/c1-20-14(10-5-3-4-6-12(10)17)18-19-16(20)24-9-13-11(7-8-23-13)15(21)22-2/h3-8H,9H2,1-2H3. The lowest BCUT2D eigenvalue weighted by Crippen LogP contribution is -2.02. The predicted molar refractivity (Wildman–Crippen MR) is 86.0 cm³/mol. The zero-order chi connectivity index (χ0) is 17.1. The molecule has 0 aliphatic carbocycles. The van der Waals surface area contributed by atoms with Crippen molar-refractivity contribution in [2.45, 2.75) is 10.9 Å². The average Bonchev–Trinajstić information content (AvgIpc) is 3.20. The molecule has 8 heteroatoms. The van der Waals surface area contributed by atoms with Crippen molar-refractivity contribution in [1.82, 2.24) is 14.8 Å². The smallest absolute Gasteiger partial charge is 0.341 e. The first-order valence-electron chi connectivity index (χ1n) is 7.03. The molecule has 24 heavy (non-hydrogen) atoms. The van der Waals surface area contributed by atoms with Crippen molar-refractivity contribution in [2.24, 2.45) is 7.05 Å². The van der Waals surface area contributed by atoms with E-state index in [9.17, 15) is 9.18 Å². The van der Waals surface area contributed by atoms with E-state index in [1.807, 2.05) is 0 Å². The van der Waals surface area contributed by atoms with E-state index in [1.54, 1.807) is 35.9 Å². The number of benzene rings is 1. The number of hydrogen-bond acceptors (Lipinski definition) is 6. The molecule has 0 saturated carbocycles. The van der Waals surface area contributed by atoms with Gasteiger partial charge in [0.2, 0.25) is 0 Å². The molecule has 3 aromatic rings. The van der Waals surface area contributed by atoms with Crippen LogP contribution in [-0.4, -0.2) is 27.8 Å². The Bertz CT molecular complexity index is 875. The van der Waals surface area contributed by atoms with Gasteiger partial charge in [0.1, 0.15) is 17.1 Å². The monoisotopic (exact) mass is 347 g/mol. The quantitative estimate of drug-likeness (QED) is 0.521. The molecule has 0 aliphatic heterocycles. The minimum absolute atomic E-state index is 0.358. The molecular weight excluding hydrogens is 333 g/mol. The predicted octanol–water partition coefficient (Wildman–Crippen LogP) is 3.29. The number of rotatable bonds is 5. The van der Waals surface area contributed by atoms with Crippen LogP contribution >= 0.6 is 11.8 Å². The van der Waals surface area contributed by atoms with Crippen LogP contribution in [0.15, 0.2) is 46.2 Å². The molecule has 0 radical (unpaired) electrons. The van der Waals surface area contributed by atoms with Crippen molar-refractivity contribution < 1.29 is 18.3 Å². The molecule has 3 rings (SSSR count). The molecule has 0 aliphatic rings. The van der Waals surface area contributed by atoms with Gasteiger partial charge in [0.25, 0.3) is 0 Å². The first-order chi connectivity index (χ1) is 11.6. The summed E-state index contributed by atoms with van der Waals surface area (Å²) in [6, 6.07) is 7.95. The fraction of sp³-hybridized carbons (Fsp3) is 0.188. The molecule has 0 spiro atoms. The average molecular weight is 347 g/mol. The van der Waals surface area contributed by atoms with Crippen LogP contribution < -0.4 is 0 Å². The number of carbonyl (C=O) groups excluding carboxylic acids is 1. The Morgan fingerprint density at radius 3 is 2.88 bits per heavy atom. The van der Waals surface area contributed by atoms with Gasteiger partial charge in [-0.2, -0.15) is 0 Å². The Kier molecular flexibility index (Phi) is 4.66. The molecule has 124 valence electrons. The van der Waals surface area contributed by atoms with Crippen molar-refractivity contribution in [3.63, 3.8) is 0 Å². The summed E-state index contributed by atoms with van der Waals surface area (Å²) >= 11 is 1.33. The van der Waals surface area contributed by atoms with Crippen LogP contribution in [-0.2, 0) is 17.5 Å². The van der Waals surface area contributed by atoms with Crippen LogP contribution in [0.2, 0.25) is 0 Å². The van der Waals surface area contributed by atoms with Crippen LogP contribution in [0, 0.1) is 5.82 Å². The molecular formula is C16H14FN3O3S. The second kappa shape index (κ2) is 6.88. The number of halogens is 1. The summed E-state index contributed by atoms with van der Waals surface area (Å²) in [5.74, 6) is 0.485. The lowest BCUT2D eigenvalue weighted by atomic mass is 10.2. The maximum Gasteiger partial charge on any atom is 0.341 e. The fourth-order valence-electron chi connectivity index (χ4n) is 2.19. The topological polar surface area (TPSA) is 70.2 Å². The third kappa shape index (κ3) is 3.05. The largest absolute Gasteiger partial charge is 0.468 e. The number of furan rings is 1. The number of thioether (sulfide) groups is 1. The van der Waals surface area contributed by atoms with Gasteiger partial charge in [0.05, 0.1) is 24.7 Å². The summed E-state index contributed by atoms with van der Waals surface area (Å²) in [6.45, 7) is 0. The Labute approximate surface area is 141 Å². The molecule has 2 heterocycles. The molecule has 0 fully saturated rings. The molecule has 2 aromatic heterocycles. The number of ether oxygens (including phenoxy) is 1. The van der Waals surface area contributed by atoms with E-state index < -0.39 is 5.97 Å². The van der Waals surface area contributed by atoms with Gasteiger partial charge >= 0.3 is 5.97 Å². The lowest BCUT2D eigenvalue weighted by Gasteiger charge is -2.04. The van der Waals surface area contributed by atoms with Crippen LogP contribution in [0.3, 0.4) is 0 Å². The lowest BCUT2D eigenvalue weighted by molar-refractivity contribution is 0.0598. The second-order valence-corrected chi connectivity index (χ2v) is 5.83. The van der Waals surface area contributed by atoms with Crippen molar-refractivity contribution >= 4 is 17.7 Å².